The van der Waals surface area contributed by atoms with Gasteiger partial charge in [0.15, 0.2) is 6.21 Å². The van der Waals surface area contributed by atoms with Gasteiger partial charge in [-0.3, -0.25) is 0 Å². The Labute approximate surface area is 111 Å². The highest BCUT2D eigenvalue weighted by Gasteiger charge is 1.98. The lowest BCUT2D eigenvalue weighted by atomic mass is 10.2. The van der Waals surface area contributed by atoms with Crippen LogP contribution in [0.1, 0.15) is 19.4 Å². The predicted octanol–water partition coefficient (Wildman–Crippen LogP) is 4.15. The van der Waals surface area contributed by atoms with Crippen molar-refractivity contribution in [1.82, 2.24) is 0 Å². The standard InChI is InChI=1S/C13H16BrClN/c1-3-16(4-2)10-9-13(15)11-5-7-12(14)8-6-11/h5-10H,3-4H2,1-2H3/q+1/b13-9-. The zero-order valence-corrected chi connectivity index (χ0v) is 11.9. The van der Waals surface area contributed by atoms with Crippen molar-refractivity contribution in [2.45, 2.75) is 13.8 Å². The van der Waals surface area contributed by atoms with Crippen LogP contribution in [0.15, 0.2) is 34.8 Å². The van der Waals surface area contributed by atoms with Crippen LogP contribution in [0.2, 0.25) is 0 Å². The van der Waals surface area contributed by atoms with Crippen LogP contribution in [-0.4, -0.2) is 23.9 Å². The molecule has 1 rings (SSSR count). The van der Waals surface area contributed by atoms with Crippen molar-refractivity contribution < 1.29 is 4.58 Å². The Morgan fingerprint density at radius 1 is 1.25 bits per heavy atom. The lowest BCUT2D eigenvalue weighted by Gasteiger charge is -1.98. The van der Waals surface area contributed by atoms with Gasteiger partial charge in [0.05, 0.1) is 5.03 Å². The Morgan fingerprint density at radius 2 is 1.81 bits per heavy atom. The number of benzene rings is 1. The summed E-state index contributed by atoms with van der Waals surface area (Å²) in [7, 11) is 0. The first-order chi connectivity index (χ1) is 7.67. The predicted molar refractivity (Wildman–Crippen MR) is 75.4 cm³/mol. The first kappa shape index (κ1) is 13.5. The third-order valence-corrected chi connectivity index (χ3v) is 3.24. The molecule has 0 fully saturated rings. The molecule has 0 aliphatic rings. The maximum Gasteiger partial charge on any atom is 0.164 e. The second-order valence-corrected chi connectivity index (χ2v) is 4.71. The van der Waals surface area contributed by atoms with Crippen molar-refractivity contribution in [1.29, 1.82) is 0 Å². The maximum atomic E-state index is 6.20. The summed E-state index contributed by atoms with van der Waals surface area (Å²) in [5.41, 5.74) is 1.04. The third-order valence-electron chi connectivity index (χ3n) is 2.36. The van der Waals surface area contributed by atoms with Crippen molar-refractivity contribution in [2.75, 3.05) is 13.1 Å². The smallest absolute Gasteiger partial charge is 0.164 e. The van der Waals surface area contributed by atoms with E-state index in [9.17, 15) is 0 Å². The number of hydrogen-bond acceptors (Lipinski definition) is 0. The molecule has 0 amide bonds. The van der Waals surface area contributed by atoms with Gasteiger partial charge >= 0.3 is 0 Å². The van der Waals surface area contributed by atoms with Gasteiger partial charge in [-0.2, -0.15) is 0 Å². The Bertz CT molecular complexity index is 387. The summed E-state index contributed by atoms with van der Waals surface area (Å²) in [6, 6.07) is 7.98. The summed E-state index contributed by atoms with van der Waals surface area (Å²) in [6.07, 6.45) is 3.97. The monoisotopic (exact) mass is 300 g/mol. The quantitative estimate of drug-likeness (QED) is 0.580. The lowest BCUT2D eigenvalue weighted by molar-refractivity contribution is -0.515. The molecule has 0 bridgehead atoms. The summed E-state index contributed by atoms with van der Waals surface area (Å²) >= 11 is 9.61. The number of nitrogens with zero attached hydrogens (tertiary/aromatic N) is 1. The van der Waals surface area contributed by atoms with E-state index in [2.05, 4.69) is 34.4 Å². The van der Waals surface area contributed by atoms with Crippen molar-refractivity contribution >= 4 is 38.8 Å². The topological polar surface area (TPSA) is 3.01 Å². The van der Waals surface area contributed by atoms with Gasteiger partial charge in [-0.1, -0.05) is 39.7 Å². The van der Waals surface area contributed by atoms with Crippen molar-refractivity contribution in [3.05, 3.63) is 40.4 Å². The van der Waals surface area contributed by atoms with Crippen LogP contribution in [0.5, 0.6) is 0 Å². The molecule has 1 aromatic rings. The number of rotatable bonds is 4. The van der Waals surface area contributed by atoms with E-state index in [-0.39, 0.29) is 0 Å². The van der Waals surface area contributed by atoms with Gasteiger partial charge in [-0.25, -0.2) is 4.58 Å². The van der Waals surface area contributed by atoms with Crippen LogP contribution in [0, 0.1) is 0 Å². The number of allylic oxidation sites excluding steroid dienone is 1. The first-order valence-corrected chi connectivity index (χ1v) is 6.55. The van der Waals surface area contributed by atoms with Crippen LogP contribution in [0.25, 0.3) is 5.03 Å². The van der Waals surface area contributed by atoms with Crippen LogP contribution >= 0.6 is 27.5 Å². The molecule has 0 atom stereocenters. The van der Waals surface area contributed by atoms with Gasteiger partial charge in [-0.15, -0.1) is 0 Å². The normalized spacial score (nSPS) is 11.4. The van der Waals surface area contributed by atoms with E-state index in [0.717, 1.165) is 28.2 Å². The molecule has 0 aliphatic carbocycles. The summed E-state index contributed by atoms with van der Waals surface area (Å²) < 4.78 is 3.26. The van der Waals surface area contributed by atoms with E-state index in [1.54, 1.807) is 0 Å². The highest BCUT2D eigenvalue weighted by molar-refractivity contribution is 9.10. The number of halogens is 2. The molecular formula is C13H16BrClN+. The molecule has 1 aromatic carbocycles. The van der Waals surface area contributed by atoms with Crippen LogP contribution in [-0.2, 0) is 0 Å². The Morgan fingerprint density at radius 3 is 2.31 bits per heavy atom. The average Bonchev–Trinajstić information content (AvgIpc) is 2.31. The van der Waals surface area contributed by atoms with Gasteiger partial charge in [0.25, 0.3) is 0 Å². The second-order valence-electron chi connectivity index (χ2n) is 3.39. The van der Waals surface area contributed by atoms with Gasteiger partial charge in [-0.05, 0) is 31.5 Å². The molecule has 0 heterocycles. The Balaban J connectivity index is 2.85. The molecule has 16 heavy (non-hydrogen) atoms. The molecule has 86 valence electrons. The average molecular weight is 302 g/mol. The zero-order chi connectivity index (χ0) is 12.0. The van der Waals surface area contributed by atoms with E-state index in [0.29, 0.717) is 0 Å². The number of hydrogen-bond donors (Lipinski definition) is 0. The van der Waals surface area contributed by atoms with E-state index in [4.69, 9.17) is 11.6 Å². The maximum absolute atomic E-state index is 6.20. The van der Waals surface area contributed by atoms with Gasteiger partial charge in [0, 0.05) is 10.5 Å². The van der Waals surface area contributed by atoms with Crippen molar-refractivity contribution in [2.24, 2.45) is 0 Å². The summed E-state index contributed by atoms with van der Waals surface area (Å²) in [6.45, 7) is 6.25. The molecular weight excluding hydrogens is 286 g/mol. The first-order valence-electron chi connectivity index (χ1n) is 5.38. The molecule has 0 radical (unpaired) electrons. The molecule has 1 nitrogen and oxygen atoms in total. The van der Waals surface area contributed by atoms with Gasteiger partial charge < -0.3 is 0 Å². The summed E-state index contributed by atoms with van der Waals surface area (Å²) in [4.78, 5) is 0. The molecule has 0 spiro atoms. The summed E-state index contributed by atoms with van der Waals surface area (Å²) in [5, 5.41) is 0.763. The fraction of sp³-hybridized carbons (Fsp3) is 0.308. The minimum absolute atomic E-state index is 0.763. The highest BCUT2D eigenvalue weighted by atomic mass is 79.9. The minimum atomic E-state index is 0.763. The van der Waals surface area contributed by atoms with Gasteiger partial charge in [0.1, 0.15) is 13.1 Å². The van der Waals surface area contributed by atoms with Crippen molar-refractivity contribution in [3.8, 4) is 0 Å². The molecule has 0 aliphatic heterocycles. The molecule has 0 aromatic heterocycles. The SMILES string of the molecule is CC[N+](=C/C=C(\Cl)c1ccc(Br)cc1)CC. The fourth-order valence-electron chi connectivity index (χ4n) is 1.31. The van der Waals surface area contributed by atoms with E-state index in [1.807, 2.05) is 36.6 Å². The Kier molecular flexibility index (Phi) is 5.78. The molecule has 0 unspecified atom stereocenters. The van der Waals surface area contributed by atoms with E-state index >= 15 is 0 Å². The third kappa shape index (κ3) is 4.11. The lowest BCUT2D eigenvalue weighted by Crippen LogP contribution is -2.10. The largest absolute Gasteiger partial charge is 0.237 e. The Hall–Kier alpha value is -0.600. The highest BCUT2D eigenvalue weighted by Crippen LogP contribution is 2.20. The van der Waals surface area contributed by atoms with Crippen LogP contribution < -0.4 is 0 Å². The molecule has 0 saturated carbocycles. The molecule has 0 N–H and O–H groups in total. The van der Waals surface area contributed by atoms with Crippen LogP contribution in [0.4, 0.5) is 0 Å². The molecule has 0 saturated heterocycles. The molecule has 3 heteroatoms. The van der Waals surface area contributed by atoms with Crippen LogP contribution in [0.3, 0.4) is 0 Å². The van der Waals surface area contributed by atoms with E-state index < -0.39 is 0 Å². The zero-order valence-electron chi connectivity index (χ0n) is 9.58. The van der Waals surface area contributed by atoms with Crippen molar-refractivity contribution in [3.63, 3.8) is 0 Å². The van der Waals surface area contributed by atoms with E-state index in [1.165, 1.54) is 0 Å². The second kappa shape index (κ2) is 6.87. The fourth-order valence-corrected chi connectivity index (χ4v) is 1.76. The van der Waals surface area contributed by atoms with Gasteiger partial charge in [0.2, 0.25) is 0 Å². The summed E-state index contributed by atoms with van der Waals surface area (Å²) in [5.74, 6) is 0. The minimum Gasteiger partial charge on any atom is -0.237 e.